The highest BCUT2D eigenvalue weighted by atomic mass is 16.5. The third-order valence-electron chi connectivity index (χ3n) is 11.2. The maximum absolute atomic E-state index is 9.37. The lowest BCUT2D eigenvalue weighted by molar-refractivity contribution is 0.136. The highest BCUT2D eigenvalue weighted by molar-refractivity contribution is 6.10. The van der Waals surface area contributed by atoms with Crippen LogP contribution in [0, 0.1) is 41.5 Å². The van der Waals surface area contributed by atoms with Gasteiger partial charge in [-0.3, -0.25) is 4.57 Å². The Morgan fingerprint density at radius 1 is 0.816 bits per heavy atom. The fourth-order valence-corrected chi connectivity index (χ4v) is 8.56. The van der Waals surface area contributed by atoms with Crippen LogP contribution in [0.5, 0.6) is 11.5 Å². The molecular weight excluding hydrogens is 603 g/mol. The van der Waals surface area contributed by atoms with Crippen LogP contribution in [0.3, 0.4) is 0 Å². The van der Waals surface area contributed by atoms with Gasteiger partial charge in [-0.1, -0.05) is 55.8 Å². The van der Waals surface area contributed by atoms with Gasteiger partial charge in [0.25, 0.3) is 0 Å². The third-order valence-corrected chi connectivity index (χ3v) is 11.2. The summed E-state index contributed by atoms with van der Waals surface area (Å²) in [7, 11) is 0. The molecule has 0 unspecified atom stereocenters. The molecule has 5 nitrogen and oxygen atoms in total. The molecule has 2 aliphatic heterocycles. The molecule has 4 aromatic carbocycles. The first-order valence-corrected chi connectivity index (χ1v) is 17.3. The highest BCUT2D eigenvalue weighted by Gasteiger charge is 2.46. The second kappa shape index (κ2) is 10.1. The maximum Gasteiger partial charge on any atom is 0.217 e. The van der Waals surface area contributed by atoms with Crippen molar-refractivity contribution in [1.82, 2.24) is 9.55 Å². The highest BCUT2D eigenvalue weighted by Crippen LogP contribution is 2.49. The lowest BCUT2D eigenvalue weighted by Gasteiger charge is -2.35. The van der Waals surface area contributed by atoms with Crippen molar-refractivity contribution in [2.45, 2.75) is 92.2 Å². The van der Waals surface area contributed by atoms with Crippen molar-refractivity contribution in [2.24, 2.45) is 4.99 Å². The Balaban J connectivity index is 1.15. The number of hydrogen-bond donors (Lipinski definition) is 0. The molecule has 3 aliphatic rings. The molecule has 0 N–H and O–H groups in total. The maximum atomic E-state index is 9.37. The second-order valence-electron chi connectivity index (χ2n) is 15.3. The number of benzene rings is 4. The topological polar surface area (TPSA) is 48.6 Å². The number of nitrogens with zero attached hydrogens (tertiary/aromatic N) is 3. The Hall–Kier alpha value is -4.90. The van der Waals surface area contributed by atoms with Gasteiger partial charge in [0.1, 0.15) is 28.8 Å². The van der Waals surface area contributed by atoms with Crippen molar-refractivity contribution >= 4 is 27.8 Å². The second-order valence-corrected chi connectivity index (χ2v) is 15.3. The number of ether oxygens (including phenoxy) is 2. The molecule has 0 bridgehead atoms. The first-order chi connectivity index (χ1) is 24.1. The molecule has 6 aromatic rings. The zero-order valence-corrected chi connectivity index (χ0v) is 29.8. The Kier molecular flexibility index (Phi) is 5.75. The molecule has 0 fully saturated rings. The average molecular weight is 648 g/mol. The standard InChI is InChI=1S/C44H43N3O2/c1-23-13-25(3)31-19-39-44(9,21-29(31)14-23)46-42(49-39)32-18-37(27(5)16-26(32)4)48-38-20-36-35(17-28(38)6)43(7,8)34-12-10-11-30-33-15-24(2)22-45-41(33)47(36)40(30)34/h10-18,20,22,39H,19,21H2,1-9H3/t39-,44-/m0/s1/i21D2. The van der Waals surface area contributed by atoms with Crippen molar-refractivity contribution < 1.29 is 12.2 Å². The number of fused-ring (bicyclic) bond motifs is 7. The minimum atomic E-state index is -1.70. The summed E-state index contributed by atoms with van der Waals surface area (Å²) in [6, 6.07) is 21.6. The summed E-state index contributed by atoms with van der Waals surface area (Å²) in [5.74, 6) is 1.96. The molecule has 2 aromatic heterocycles. The molecule has 1 aliphatic carbocycles. The molecule has 49 heavy (non-hydrogen) atoms. The Bertz CT molecular complexity index is 2560. The first kappa shape index (κ1) is 28.0. The molecule has 0 radical (unpaired) electrons. The van der Waals surface area contributed by atoms with Gasteiger partial charge < -0.3 is 9.47 Å². The number of aliphatic imine (C=N–C) groups is 1. The van der Waals surface area contributed by atoms with Gasteiger partial charge in [-0.25, -0.2) is 9.98 Å². The molecule has 0 saturated heterocycles. The van der Waals surface area contributed by atoms with Crippen LogP contribution < -0.4 is 4.74 Å². The van der Waals surface area contributed by atoms with Gasteiger partial charge >= 0.3 is 0 Å². The fraction of sp³-hybridized carbons (Fsp3) is 0.318. The van der Waals surface area contributed by atoms with Crippen molar-refractivity contribution in [2.75, 3.05) is 0 Å². The smallest absolute Gasteiger partial charge is 0.217 e. The lowest BCUT2D eigenvalue weighted by Crippen LogP contribution is -2.42. The van der Waals surface area contributed by atoms with E-state index in [2.05, 4.69) is 102 Å². The van der Waals surface area contributed by atoms with E-state index in [-0.39, 0.29) is 5.41 Å². The minimum Gasteiger partial charge on any atom is -0.471 e. The SMILES string of the molecule is [2H]C1([2H])c2cc(C)cc(C)c2C[C@@H]2OC(c3cc(Oc4cc5c(cc4C)C(C)(C)c4cccc6c7cc(C)cnc7n-5c46)c(C)cc3C)=N[C@]21C. The van der Waals surface area contributed by atoms with Crippen LogP contribution in [-0.2, 0) is 22.9 Å². The molecule has 2 atom stereocenters. The predicted octanol–water partition coefficient (Wildman–Crippen LogP) is 10.2. The van der Waals surface area contributed by atoms with Crippen molar-refractivity contribution in [3.63, 3.8) is 0 Å². The van der Waals surface area contributed by atoms with Gasteiger partial charge in [-0.15, -0.1) is 0 Å². The summed E-state index contributed by atoms with van der Waals surface area (Å²) in [6.07, 6.45) is 0.447. The molecule has 9 rings (SSSR count). The Morgan fingerprint density at radius 3 is 2.41 bits per heavy atom. The fourth-order valence-electron chi connectivity index (χ4n) is 8.56. The molecular formula is C44H43N3O2. The van der Waals surface area contributed by atoms with Crippen LogP contribution in [0.25, 0.3) is 27.6 Å². The normalized spacial score (nSPS) is 21.7. The third kappa shape index (κ3) is 4.30. The van der Waals surface area contributed by atoms with Crippen molar-refractivity contribution in [3.05, 3.63) is 128 Å². The molecule has 0 saturated carbocycles. The van der Waals surface area contributed by atoms with Crippen molar-refractivity contribution in [3.8, 4) is 17.2 Å². The van der Waals surface area contributed by atoms with E-state index in [1.54, 1.807) is 0 Å². The van der Waals surface area contributed by atoms with E-state index in [1.807, 2.05) is 32.2 Å². The van der Waals surface area contributed by atoms with Crippen LogP contribution >= 0.6 is 0 Å². The van der Waals surface area contributed by atoms with Gasteiger partial charge in [0.15, 0.2) is 0 Å². The van der Waals surface area contributed by atoms with Gasteiger partial charge in [0.2, 0.25) is 5.90 Å². The van der Waals surface area contributed by atoms with Crippen LogP contribution in [0.15, 0.2) is 71.9 Å². The van der Waals surface area contributed by atoms with E-state index in [0.29, 0.717) is 12.3 Å². The Morgan fingerprint density at radius 2 is 1.59 bits per heavy atom. The molecule has 0 amide bonds. The van der Waals surface area contributed by atoms with Crippen LogP contribution in [0.1, 0.15) is 84.7 Å². The summed E-state index contributed by atoms with van der Waals surface area (Å²) in [5, 5.41) is 2.37. The number of pyridine rings is 1. The summed E-state index contributed by atoms with van der Waals surface area (Å²) >= 11 is 0. The van der Waals surface area contributed by atoms with E-state index in [0.717, 1.165) is 78.3 Å². The van der Waals surface area contributed by atoms with Gasteiger partial charge in [-0.2, -0.15) is 0 Å². The number of rotatable bonds is 3. The van der Waals surface area contributed by atoms with E-state index < -0.39 is 18.0 Å². The van der Waals surface area contributed by atoms with E-state index in [4.69, 9.17) is 19.5 Å². The quantitative estimate of drug-likeness (QED) is 0.192. The van der Waals surface area contributed by atoms with Gasteiger partial charge in [0, 0.05) is 49.5 Å². The summed E-state index contributed by atoms with van der Waals surface area (Å²) in [4.78, 5) is 10.0. The number of aromatic nitrogens is 2. The average Bonchev–Trinajstić information content (AvgIpc) is 3.58. The number of aryl methyl sites for hydroxylation is 6. The zero-order valence-electron chi connectivity index (χ0n) is 31.8. The predicted molar refractivity (Wildman–Crippen MR) is 199 cm³/mol. The van der Waals surface area contributed by atoms with Crippen LogP contribution in [0.4, 0.5) is 0 Å². The summed E-state index contributed by atoms with van der Waals surface area (Å²) < 4.78 is 34.6. The van der Waals surface area contributed by atoms with Crippen LogP contribution in [-0.4, -0.2) is 27.1 Å². The summed E-state index contributed by atoms with van der Waals surface area (Å²) in [5.41, 5.74) is 13.4. The van der Waals surface area contributed by atoms with E-state index >= 15 is 0 Å². The van der Waals surface area contributed by atoms with E-state index in [9.17, 15) is 2.74 Å². The molecule has 4 heterocycles. The monoisotopic (exact) mass is 647 g/mol. The molecule has 246 valence electrons. The number of hydrogen-bond acceptors (Lipinski definition) is 4. The first-order valence-electron chi connectivity index (χ1n) is 18.3. The Labute approximate surface area is 291 Å². The van der Waals surface area contributed by atoms with Gasteiger partial charge in [-0.05, 0) is 117 Å². The largest absolute Gasteiger partial charge is 0.471 e. The minimum absolute atomic E-state index is 0.225. The summed E-state index contributed by atoms with van der Waals surface area (Å²) in [6.45, 7) is 18.9. The zero-order chi connectivity index (χ0) is 35.9. The van der Waals surface area contributed by atoms with E-state index in [1.165, 1.54) is 22.0 Å². The van der Waals surface area contributed by atoms with Gasteiger partial charge in [0.05, 0.1) is 11.2 Å². The number of para-hydroxylation sites is 1. The van der Waals surface area contributed by atoms with Crippen LogP contribution in [0.2, 0.25) is 0 Å². The lowest BCUT2D eigenvalue weighted by atomic mass is 9.74. The molecule has 0 spiro atoms. The molecule has 5 heteroatoms. The van der Waals surface area contributed by atoms with Crippen molar-refractivity contribution in [1.29, 1.82) is 0 Å².